The summed E-state index contributed by atoms with van der Waals surface area (Å²) in [5, 5.41) is 18.3. The molecule has 0 bridgehead atoms. The predicted molar refractivity (Wildman–Crippen MR) is 48.5 cm³/mol. The van der Waals surface area contributed by atoms with Crippen LogP contribution in [-0.4, -0.2) is 11.8 Å². The zero-order valence-electron chi connectivity index (χ0n) is 7.60. The molecule has 0 rings (SSSR count). The van der Waals surface area contributed by atoms with E-state index < -0.39 is 0 Å². The second-order valence-corrected chi connectivity index (χ2v) is 3.46. The summed E-state index contributed by atoms with van der Waals surface area (Å²) in [6.07, 6.45) is 0.939. The number of hydrogen-bond acceptors (Lipinski definition) is 4. The third kappa shape index (κ3) is 3.62. The van der Waals surface area contributed by atoms with Crippen molar-refractivity contribution in [1.29, 1.82) is 10.7 Å². The summed E-state index contributed by atoms with van der Waals surface area (Å²) in [4.78, 5) is 0. The Morgan fingerprint density at radius 1 is 1.58 bits per heavy atom. The molecule has 0 aliphatic rings. The summed E-state index contributed by atoms with van der Waals surface area (Å²) in [5.74, 6) is 0.250. The van der Waals surface area contributed by atoms with Gasteiger partial charge in [0.2, 0.25) is 0 Å². The van der Waals surface area contributed by atoms with Gasteiger partial charge >= 0.3 is 0 Å². The van der Waals surface area contributed by atoms with E-state index in [4.69, 9.17) is 16.4 Å². The van der Waals surface area contributed by atoms with Gasteiger partial charge in [-0.05, 0) is 20.8 Å². The predicted octanol–water partition coefficient (Wildman–Crippen LogP) is 0.718. The molecule has 0 radical (unpaired) electrons. The Balaban J connectivity index is 4.59. The zero-order valence-corrected chi connectivity index (χ0v) is 7.60. The van der Waals surface area contributed by atoms with Crippen LogP contribution in [0.4, 0.5) is 0 Å². The molecule has 0 aliphatic heterocycles. The molecule has 0 heterocycles. The van der Waals surface area contributed by atoms with Crippen LogP contribution in [0.2, 0.25) is 0 Å². The lowest BCUT2D eigenvalue weighted by atomic mass is 10.1. The van der Waals surface area contributed by atoms with Gasteiger partial charge in [0.15, 0.2) is 0 Å². The quantitative estimate of drug-likeness (QED) is 0.417. The minimum absolute atomic E-state index is 0.157. The molecule has 0 unspecified atom stereocenters. The van der Waals surface area contributed by atoms with Gasteiger partial charge in [-0.3, -0.25) is 0 Å². The van der Waals surface area contributed by atoms with E-state index >= 15 is 0 Å². The van der Waals surface area contributed by atoms with Gasteiger partial charge in [0, 0.05) is 11.8 Å². The third-order valence-corrected chi connectivity index (χ3v) is 1.06. The van der Waals surface area contributed by atoms with Gasteiger partial charge in [-0.25, -0.2) is 0 Å². The first kappa shape index (κ1) is 10.5. The summed E-state index contributed by atoms with van der Waals surface area (Å²) in [7, 11) is 0. The molecule has 0 spiro atoms. The minimum Gasteiger partial charge on any atom is -0.384 e. The molecule has 12 heavy (non-hydrogen) atoms. The minimum atomic E-state index is -0.185. The van der Waals surface area contributed by atoms with Crippen molar-refractivity contribution in [1.82, 2.24) is 5.32 Å². The first-order valence-corrected chi connectivity index (χ1v) is 3.59. The fourth-order valence-corrected chi connectivity index (χ4v) is 0.642. The van der Waals surface area contributed by atoms with E-state index in [1.54, 1.807) is 0 Å². The number of rotatable bonds is 2. The molecule has 4 N–H and O–H groups in total. The van der Waals surface area contributed by atoms with E-state index in [0.717, 1.165) is 6.21 Å². The standard InChI is InChI=1S/C8H14N4/c1-8(2,3)12-7(11)6(4-9)5-10/h4,9,12H,11H2,1-3H3/b7-6+,9-4?. The number of allylic oxidation sites excluding steroid dienone is 1. The van der Waals surface area contributed by atoms with Crippen molar-refractivity contribution in [2.75, 3.05) is 0 Å². The van der Waals surface area contributed by atoms with Gasteiger partial charge in [0.25, 0.3) is 0 Å². The van der Waals surface area contributed by atoms with Crippen LogP contribution in [0.5, 0.6) is 0 Å². The summed E-state index contributed by atoms with van der Waals surface area (Å²) in [6.45, 7) is 5.79. The highest BCUT2D eigenvalue weighted by Gasteiger charge is 2.11. The van der Waals surface area contributed by atoms with Crippen LogP contribution in [0.3, 0.4) is 0 Å². The Kier molecular flexibility index (Phi) is 3.30. The van der Waals surface area contributed by atoms with Crippen LogP contribution < -0.4 is 11.1 Å². The van der Waals surface area contributed by atoms with E-state index in [1.807, 2.05) is 26.8 Å². The Morgan fingerprint density at radius 2 is 2.08 bits per heavy atom. The molecule has 0 atom stereocenters. The zero-order chi connectivity index (χ0) is 9.78. The Bertz CT molecular complexity index is 239. The molecular formula is C8H14N4. The molecule has 0 aromatic rings. The molecule has 0 saturated carbocycles. The van der Waals surface area contributed by atoms with E-state index in [9.17, 15) is 0 Å². The first-order valence-electron chi connectivity index (χ1n) is 3.59. The lowest BCUT2D eigenvalue weighted by Crippen LogP contribution is -2.38. The number of nitrogens with one attached hydrogen (secondary N) is 2. The molecule has 0 aromatic heterocycles. The monoisotopic (exact) mass is 166 g/mol. The van der Waals surface area contributed by atoms with Crippen molar-refractivity contribution in [3.8, 4) is 6.07 Å². The average Bonchev–Trinajstić information content (AvgIpc) is 1.85. The van der Waals surface area contributed by atoms with Crippen LogP contribution in [0.15, 0.2) is 11.4 Å². The average molecular weight is 166 g/mol. The van der Waals surface area contributed by atoms with E-state index in [-0.39, 0.29) is 16.9 Å². The van der Waals surface area contributed by atoms with Gasteiger partial charge in [0.05, 0.1) is 0 Å². The first-order chi connectivity index (χ1) is 5.40. The summed E-state index contributed by atoms with van der Waals surface area (Å²) in [5.41, 5.74) is 5.49. The fraction of sp³-hybridized carbons (Fsp3) is 0.500. The molecule has 0 aromatic carbocycles. The second-order valence-electron chi connectivity index (χ2n) is 3.46. The van der Waals surface area contributed by atoms with E-state index in [2.05, 4.69) is 5.32 Å². The van der Waals surface area contributed by atoms with Gasteiger partial charge in [-0.2, -0.15) is 5.26 Å². The van der Waals surface area contributed by atoms with Crippen LogP contribution in [0, 0.1) is 16.7 Å². The Morgan fingerprint density at radius 3 is 2.33 bits per heavy atom. The smallest absolute Gasteiger partial charge is 0.116 e. The fourth-order valence-electron chi connectivity index (χ4n) is 0.642. The van der Waals surface area contributed by atoms with E-state index in [0.29, 0.717) is 0 Å². The van der Waals surface area contributed by atoms with Gasteiger partial charge in [-0.1, -0.05) is 0 Å². The van der Waals surface area contributed by atoms with Gasteiger partial charge in [0.1, 0.15) is 17.5 Å². The van der Waals surface area contributed by atoms with Crippen molar-refractivity contribution >= 4 is 6.21 Å². The van der Waals surface area contributed by atoms with Crippen molar-refractivity contribution < 1.29 is 0 Å². The lowest BCUT2D eigenvalue weighted by molar-refractivity contribution is 0.470. The highest BCUT2D eigenvalue weighted by molar-refractivity contribution is 5.82. The molecule has 66 valence electrons. The number of nitrogens with zero attached hydrogens (tertiary/aromatic N) is 1. The highest BCUT2D eigenvalue weighted by atomic mass is 15.0. The molecule has 0 fully saturated rings. The molecule has 0 saturated heterocycles. The van der Waals surface area contributed by atoms with Gasteiger partial charge in [-0.15, -0.1) is 0 Å². The molecule has 4 nitrogen and oxygen atoms in total. The second kappa shape index (κ2) is 3.77. The summed E-state index contributed by atoms with van der Waals surface area (Å²) in [6, 6.07) is 1.82. The maximum absolute atomic E-state index is 8.51. The maximum Gasteiger partial charge on any atom is 0.116 e. The van der Waals surface area contributed by atoms with Crippen LogP contribution in [0.1, 0.15) is 20.8 Å². The van der Waals surface area contributed by atoms with Crippen LogP contribution in [-0.2, 0) is 0 Å². The third-order valence-electron chi connectivity index (χ3n) is 1.06. The summed E-state index contributed by atoms with van der Waals surface area (Å²) < 4.78 is 0. The molecular weight excluding hydrogens is 152 g/mol. The van der Waals surface area contributed by atoms with Crippen LogP contribution in [0.25, 0.3) is 0 Å². The maximum atomic E-state index is 8.51. The van der Waals surface area contributed by atoms with Crippen molar-refractivity contribution in [3.63, 3.8) is 0 Å². The molecule has 0 aliphatic carbocycles. The van der Waals surface area contributed by atoms with Crippen molar-refractivity contribution in [3.05, 3.63) is 11.4 Å². The van der Waals surface area contributed by atoms with Gasteiger partial charge < -0.3 is 16.5 Å². The summed E-state index contributed by atoms with van der Waals surface area (Å²) >= 11 is 0. The SMILES string of the molecule is CC(C)(C)N/C(N)=C(/C#N)C=N. The van der Waals surface area contributed by atoms with Crippen molar-refractivity contribution in [2.24, 2.45) is 5.73 Å². The Labute approximate surface area is 72.6 Å². The van der Waals surface area contributed by atoms with E-state index in [1.165, 1.54) is 0 Å². The highest BCUT2D eigenvalue weighted by Crippen LogP contribution is 2.02. The molecule has 4 heteroatoms. The normalized spacial score (nSPS) is 12.8. The van der Waals surface area contributed by atoms with Crippen molar-refractivity contribution in [2.45, 2.75) is 26.3 Å². The topological polar surface area (TPSA) is 85.7 Å². The molecule has 0 amide bonds. The number of nitrogens with two attached hydrogens (primary N) is 1. The number of nitriles is 1. The van der Waals surface area contributed by atoms with Crippen LogP contribution >= 0.6 is 0 Å². The Hall–Kier alpha value is -1.50. The largest absolute Gasteiger partial charge is 0.384 e. The lowest BCUT2D eigenvalue weighted by Gasteiger charge is -2.22. The number of hydrogen-bond donors (Lipinski definition) is 3.